The number of aliphatic hydroxyl groups is 20. The van der Waals surface area contributed by atoms with Crippen molar-refractivity contribution in [3.05, 3.63) is 23.3 Å². The van der Waals surface area contributed by atoms with Crippen molar-refractivity contribution in [3.8, 4) is 0 Å². The fraction of sp³-hybridized carbons (Fsp3) is 0.886. The fourth-order valence-corrected chi connectivity index (χ4v) is 10.4. The SMILES string of the molecule is C[C@H]1O[C@H](O[C@H]2[C@H](O)[C@@H](O)[C@@H](O[C@H]3[C@H](O)[C@@H](O)C(=O)O[C@@H]3CO)O[C@@H]2CO)[C@H](O)[C@@H](O)[C@@H]1N[C@@H]1C=C(CO)[C@@H](O[C@H]2O[C@H](CO)[C@@H](O[C@H]3O[C@H](C)[C@@H](N[C@@H]4C=C(CO)[C@@H](O)[C@H](O)[C@H]4O)[C@H](O)[C@H]3O)[C@H](O)[C@H]2O)[C@H](O)[C@H]1O. The molecule has 0 spiro atoms. The molecule has 32 atom stereocenters. The Bertz CT molecular complexity index is 1960. The zero-order valence-electron chi connectivity index (χ0n) is 40.7. The van der Waals surface area contributed by atoms with Gasteiger partial charge in [0.15, 0.2) is 37.4 Å². The minimum Gasteiger partial charge on any atom is -0.455 e. The van der Waals surface area contributed by atoms with Gasteiger partial charge in [0.2, 0.25) is 0 Å². The monoisotopic (exact) mass is 1110 g/mol. The van der Waals surface area contributed by atoms with E-state index in [2.05, 4.69) is 10.6 Å². The molecule has 0 bridgehead atoms. The van der Waals surface area contributed by atoms with Gasteiger partial charge in [-0.1, -0.05) is 12.2 Å². The van der Waals surface area contributed by atoms with Crippen LogP contribution in [0.5, 0.6) is 0 Å². The second kappa shape index (κ2) is 25.7. The van der Waals surface area contributed by atoms with Gasteiger partial charge in [0.1, 0.15) is 122 Å². The number of hydrogen-bond acceptors (Lipinski definition) is 32. The molecule has 0 radical (unpaired) electrons. The highest BCUT2D eigenvalue weighted by Gasteiger charge is 2.56. The highest BCUT2D eigenvalue weighted by molar-refractivity contribution is 5.76. The number of rotatable bonds is 17. The Kier molecular flexibility index (Phi) is 20.7. The van der Waals surface area contributed by atoms with Crippen molar-refractivity contribution < 1.29 is 150 Å². The van der Waals surface area contributed by atoms with Crippen molar-refractivity contribution in [2.75, 3.05) is 33.0 Å². The highest BCUT2D eigenvalue weighted by atomic mass is 16.8. The van der Waals surface area contributed by atoms with Gasteiger partial charge in [-0.2, -0.15) is 0 Å². The molecular formula is C44H72N2O30. The zero-order chi connectivity index (χ0) is 55.9. The molecular weight excluding hydrogens is 1040 g/mol. The van der Waals surface area contributed by atoms with Crippen molar-refractivity contribution in [1.82, 2.24) is 10.6 Å². The molecule has 76 heavy (non-hydrogen) atoms. The van der Waals surface area contributed by atoms with E-state index < -0.39 is 235 Å². The second-order valence-electron chi connectivity index (χ2n) is 19.9. The van der Waals surface area contributed by atoms with E-state index in [1.165, 1.54) is 26.0 Å². The molecule has 0 unspecified atom stereocenters. The summed E-state index contributed by atoms with van der Waals surface area (Å²) >= 11 is 0. The molecule has 7 aliphatic rings. The summed E-state index contributed by atoms with van der Waals surface area (Å²) in [7, 11) is 0. The molecule has 5 fully saturated rings. The molecule has 2 aliphatic carbocycles. The van der Waals surface area contributed by atoms with Crippen LogP contribution in [0.3, 0.4) is 0 Å². The molecule has 0 aromatic heterocycles. The van der Waals surface area contributed by atoms with E-state index >= 15 is 0 Å². The van der Waals surface area contributed by atoms with Crippen LogP contribution < -0.4 is 10.6 Å². The minimum absolute atomic E-state index is 0.0212. The fourth-order valence-electron chi connectivity index (χ4n) is 10.4. The molecule has 0 saturated carbocycles. The number of ether oxygens (including phenoxy) is 9. The Labute approximate surface area is 431 Å². The van der Waals surface area contributed by atoms with Crippen LogP contribution in [-0.2, 0) is 47.4 Å². The summed E-state index contributed by atoms with van der Waals surface area (Å²) in [5.74, 6) is -1.27. The topological polar surface area (TPSA) is 529 Å². The lowest BCUT2D eigenvalue weighted by Gasteiger charge is -2.49. The van der Waals surface area contributed by atoms with E-state index in [0.717, 1.165) is 0 Å². The number of hydrogen-bond donors (Lipinski definition) is 22. The van der Waals surface area contributed by atoms with Gasteiger partial charge < -0.3 is 155 Å². The maximum absolute atomic E-state index is 11.8. The van der Waals surface area contributed by atoms with E-state index in [0.29, 0.717) is 0 Å². The first-order chi connectivity index (χ1) is 35.9. The molecule has 0 amide bonds. The van der Waals surface area contributed by atoms with Crippen molar-refractivity contribution in [2.45, 2.75) is 210 Å². The molecule has 438 valence electrons. The number of carbonyl (C=O) groups excluding carboxylic acids is 1. The molecule has 5 heterocycles. The summed E-state index contributed by atoms with van der Waals surface area (Å²) in [5.41, 5.74) is -0.170. The predicted octanol–water partition coefficient (Wildman–Crippen LogP) is -13.7. The molecule has 5 aliphatic heterocycles. The van der Waals surface area contributed by atoms with Gasteiger partial charge in [-0.3, -0.25) is 0 Å². The lowest BCUT2D eigenvalue weighted by Crippen LogP contribution is -2.69. The van der Waals surface area contributed by atoms with E-state index in [4.69, 9.17) is 42.6 Å². The van der Waals surface area contributed by atoms with Crippen LogP contribution in [0.4, 0.5) is 0 Å². The summed E-state index contributed by atoms with van der Waals surface area (Å²) in [4.78, 5) is 11.8. The van der Waals surface area contributed by atoms with Gasteiger partial charge in [-0.15, -0.1) is 0 Å². The van der Waals surface area contributed by atoms with Crippen LogP contribution in [0.15, 0.2) is 23.3 Å². The predicted molar refractivity (Wildman–Crippen MR) is 238 cm³/mol. The van der Waals surface area contributed by atoms with Gasteiger partial charge in [-0.05, 0) is 25.0 Å². The zero-order valence-corrected chi connectivity index (χ0v) is 40.7. The third-order valence-electron chi connectivity index (χ3n) is 15.0. The summed E-state index contributed by atoms with van der Waals surface area (Å²) in [5, 5.41) is 219. The summed E-state index contributed by atoms with van der Waals surface area (Å²) in [6.07, 6.45) is -47.1. The first kappa shape index (κ1) is 61.4. The van der Waals surface area contributed by atoms with Crippen LogP contribution in [0.2, 0.25) is 0 Å². The third kappa shape index (κ3) is 12.2. The van der Waals surface area contributed by atoms with Crippen molar-refractivity contribution in [1.29, 1.82) is 0 Å². The Balaban J connectivity index is 0.950. The van der Waals surface area contributed by atoms with E-state index in [1.54, 1.807) is 0 Å². The lowest BCUT2D eigenvalue weighted by molar-refractivity contribution is -0.363. The van der Waals surface area contributed by atoms with E-state index in [-0.39, 0.29) is 11.1 Å². The average Bonchev–Trinajstić information content (AvgIpc) is 3.41. The molecule has 7 rings (SSSR count). The van der Waals surface area contributed by atoms with Gasteiger partial charge in [-0.25, -0.2) is 4.79 Å². The lowest BCUT2D eigenvalue weighted by atomic mass is 9.86. The van der Waals surface area contributed by atoms with Gasteiger partial charge in [0, 0.05) is 0 Å². The van der Waals surface area contributed by atoms with Gasteiger partial charge >= 0.3 is 5.97 Å². The molecule has 32 heteroatoms. The van der Waals surface area contributed by atoms with Crippen molar-refractivity contribution >= 4 is 5.97 Å². The van der Waals surface area contributed by atoms with E-state index in [1.807, 2.05) is 0 Å². The smallest absolute Gasteiger partial charge is 0.338 e. The highest BCUT2D eigenvalue weighted by Crippen LogP contribution is 2.36. The standard InChI is InChI=1S/C44H72N2O30/c1-10-19(45-14-3-12(5-47)21(52)26(57)22(14)53)24(55)32(63)41(68-10)74-38-17(8-50)71-43(34(65)29(38)60)73-36-13(6-48)4-15(23(54)27(36)58)46-20-11(2)69-42(33(64)25(20)56)75-39-18(9-51)72-44(35(66)30(39)61)76-37-16(7-49)70-40(67)31(62)28(37)59/h3-4,10-11,14-39,41-66H,5-9H2,1-2H3/t10-,11-,14-,15-,16-,17-,18-,19-,20-,21-,22+,23+,24+,25+,26+,27-,28-,29-,30-,31-,32-,33-,34-,35-,36-,37-,38-,39-,41-,42-,43-,44-/m1/s1. The maximum Gasteiger partial charge on any atom is 0.338 e. The Morgan fingerprint density at radius 1 is 0.421 bits per heavy atom. The van der Waals surface area contributed by atoms with Crippen LogP contribution in [0.1, 0.15) is 13.8 Å². The van der Waals surface area contributed by atoms with Gasteiger partial charge in [0.25, 0.3) is 0 Å². The molecule has 0 aromatic rings. The number of esters is 1. The first-order valence-electron chi connectivity index (χ1n) is 24.6. The van der Waals surface area contributed by atoms with Crippen LogP contribution in [0, 0.1) is 0 Å². The first-order valence-corrected chi connectivity index (χ1v) is 24.6. The molecule has 22 N–H and O–H groups in total. The number of aliphatic hydroxyl groups excluding tert-OH is 20. The largest absolute Gasteiger partial charge is 0.455 e. The van der Waals surface area contributed by atoms with E-state index in [9.17, 15) is 107 Å². The summed E-state index contributed by atoms with van der Waals surface area (Å²) < 4.78 is 50.6. The Hall–Kier alpha value is -2.25. The average molecular weight is 1110 g/mol. The third-order valence-corrected chi connectivity index (χ3v) is 15.0. The maximum atomic E-state index is 11.8. The number of cyclic esters (lactones) is 1. The van der Waals surface area contributed by atoms with Crippen molar-refractivity contribution in [2.24, 2.45) is 0 Å². The van der Waals surface area contributed by atoms with Gasteiger partial charge in [0.05, 0.1) is 69.4 Å². The Morgan fingerprint density at radius 2 is 0.803 bits per heavy atom. The molecule has 5 saturated heterocycles. The second-order valence-corrected chi connectivity index (χ2v) is 19.9. The molecule has 0 aromatic carbocycles. The minimum atomic E-state index is -2.11. The van der Waals surface area contributed by atoms with Crippen LogP contribution >= 0.6 is 0 Å². The van der Waals surface area contributed by atoms with Crippen LogP contribution in [0.25, 0.3) is 0 Å². The van der Waals surface area contributed by atoms with Crippen molar-refractivity contribution in [3.63, 3.8) is 0 Å². The molecule has 32 nitrogen and oxygen atoms in total. The number of nitrogens with one attached hydrogen (secondary N) is 2. The quantitative estimate of drug-likeness (QED) is 0.0475. The normalized spacial score (nSPS) is 51.4. The summed E-state index contributed by atoms with van der Waals surface area (Å²) in [6, 6.07) is -4.98. The number of carbonyl (C=O) groups is 1. The summed E-state index contributed by atoms with van der Waals surface area (Å²) in [6.45, 7) is -1.46. The Morgan fingerprint density at radius 3 is 1.24 bits per heavy atom. The van der Waals surface area contributed by atoms with Crippen LogP contribution in [-0.4, -0.2) is 337 Å².